The first-order valence-electron chi connectivity index (χ1n) is 12.1. The number of hydrogen-bond donors (Lipinski definition) is 3. The number of thioether (sulfide) groups is 1. The Morgan fingerprint density at radius 3 is 2.68 bits per heavy atom. The number of nitrogens with one attached hydrogen (secondary N) is 1. The number of aliphatic hydroxyl groups excluding tert-OH is 1. The molecule has 1 aliphatic heterocycles. The van der Waals surface area contributed by atoms with E-state index in [1.165, 1.54) is 35.7 Å². The largest absolute Gasteiger partial charge is 0.468 e. The second-order valence-electron chi connectivity index (χ2n) is 9.24. The van der Waals surface area contributed by atoms with Gasteiger partial charge in [0.2, 0.25) is 0 Å². The molecule has 4 rings (SSSR count). The van der Waals surface area contributed by atoms with Gasteiger partial charge in [0.25, 0.3) is 0 Å². The van der Waals surface area contributed by atoms with Crippen LogP contribution in [0.1, 0.15) is 25.6 Å². The molecule has 1 fully saturated rings. The van der Waals surface area contributed by atoms with E-state index in [9.17, 15) is 19.3 Å². The van der Waals surface area contributed by atoms with Crippen molar-refractivity contribution in [3.63, 3.8) is 0 Å². The van der Waals surface area contributed by atoms with Crippen LogP contribution in [0, 0.1) is 5.92 Å². The Labute approximate surface area is 224 Å². The lowest BCUT2D eigenvalue weighted by molar-refractivity contribution is -0.143. The third-order valence-corrected chi connectivity index (χ3v) is 9.21. The fourth-order valence-electron chi connectivity index (χ4n) is 4.08. The van der Waals surface area contributed by atoms with Crippen molar-refractivity contribution in [1.29, 1.82) is 0 Å². The van der Waals surface area contributed by atoms with Gasteiger partial charge in [-0.15, -0.1) is 11.8 Å². The van der Waals surface area contributed by atoms with Crippen molar-refractivity contribution in [1.82, 2.24) is 14.6 Å². The maximum absolute atomic E-state index is 14.0. The van der Waals surface area contributed by atoms with Gasteiger partial charge in [-0.1, -0.05) is 44.2 Å². The smallest absolute Gasteiger partial charge is 0.459 e. The van der Waals surface area contributed by atoms with Crippen LogP contribution in [0.15, 0.2) is 59.5 Å². The van der Waals surface area contributed by atoms with Gasteiger partial charge in [-0.3, -0.25) is 13.9 Å². The molecule has 0 saturated carbocycles. The van der Waals surface area contributed by atoms with Crippen molar-refractivity contribution in [2.24, 2.45) is 5.92 Å². The van der Waals surface area contributed by atoms with Crippen LogP contribution < -0.4 is 21.0 Å². The SMILES string of the molecule is COC(=O)[C@@H](NP(=O)(OC[C@H]1S[C@@H](n2ccc(N)nc2=O)C[C@H]1O)Oc1ccc2ccccc2c1)C(C)C. The van der Waals surface area contributed by atoms with Crippen LogP contribution in [0.25, 0.3) is 10.8 Å². The van der Waals surface area contributed by atoms with E-state index in [-0.39, 0.29) is 30.5 Å². The summed E-state index contributed by atoms with van der Waals surface area (Å²) in [4.78, 5) is 28.4. The number of esters is 1. The Balaban J connectivity index is 1.55. The van der Waals surface area contributed by atoms with Gasteiger partial charge in [0.15, 0.2) is 0 Å². The molecule has 0 radical (unpaired) electrons. The number of nitrogen functional groups attached to an aromatic ring is 1. The molecule has 204 valence electrons. The minimum absolute atomic E-state index is 0.109. The number of fused-ring (bicyclic) bond motifs is 1. The van der Waals surface area contributed by atoms with E-state index in [1.54, 1.807) is 26.0 Å². The van der Waals surface area contributed by atoms with E-state index in [1.807, 2.05) is 30.3 Å². The average molecular weight is 563 g/mol. The van der Waals surface area contributed by atoms with Crippen LogP contribution >= 0.6 is 19.5 Å². The number of rotatable bonds is 10. The zero-order chi connectivity index (χ0) is 27.4. The van der Waals surface area contributed by atoms with Crippen molar-refractivity contribution in [2.75, 3.05) is 19.5 Å². The van der Waals surface area contributed by atoms with Crippen molar-refractivity contribution >= 4 is 42.1 Å². The molecule has 2 aromatic carbocycles. The first-order valence-corrected chi connectivity index (χ1v) is 14.5. The Kier molecular flexibility index (Phi) is 8.79. The Bertz CT molecular complexity index is 1400. The van der Waals surface area contributed by atoms with Crippen LogP contribution in [0.4, 0.5) is 5.82 Å². The van der Waals surface area contributed by atoms with Gasteiger partial charge in [-0.2, -0.15) is 10.1 Å². The van der Waals surface area contributed by atoms with E-state index in [0.29, 0.717) is 0 Å². The summed E-state index contributed by atoms with van der Waals surface area (Å²) < 4.78 is 32.0. The molecular weight excluding hydrogens is 531 g/mol. The van der Waals surface area contributed by atoms with Crippen molar-refractivity contribution < 1.29 is 28.3 Å². The zero-order valence-electron chi connectivity index (χ0n) is 21.2. The minimum Gasteiger partial charge on any atom is -0.468 e. The number of aromatic nitrogens is 2. The molecule has 0 amide bonds. The average Bonchev–Trinajstić information content (AvgIpc) is 3.25. The molecule has 13 heteroatoms. The highest BCUT2D eigenvalue weighted by Gasteiger charge is 2.40. The first-order chi connectivity index (χ1) is 18.1. The normalized spacial score (nSPS) is 21.8. The van der Waals surface area contributed by atoms with Crippen LogP contribution in [-0.2, 0) is 18.6 Å². The molecule has 0 bridgehead atoms. The van der Waals surface area contributed by atoms with Gasteiger partial charge >= 0.3 is 19.4 Å². The number of carbonyl (C=O) groups is 1. The summed E-state index contributed by atoms with van der Waals surface area (Å²) >= 11 is 1.29. The summed E-state index contributed by atoms with van der Waals surface area (Å²) in [5.74, 6) is -0.515. The lowest BCUT2D eigenvalue weighted by atomic mass is 10.1. The highest BCUT2D eigenvalue weighted by atomic mass is 32.2. The van der Waals surface area contributed by atoms with Gasteiger partial charge in [0.05, 0.1) is 30.4 Å². The van der Waals surface area contributed by atoms with E-state index in [4.69, 9.17) is 19.5 Å². The van der Waals surface area contributed by atoms with Crippen LogP contribution in [-0.4, -0.2) is 51.7 Å². The number of methoxy groups -OCH3 is 1. The summed E-state index contributed by atoms with van der Waals surface area (Å²) in [6.45, 7) is 3.37. The first kappa shape index (κ1) is 28.1. The predicted octanol–water partition coefficient (Wildman–Crippen LogP) is 3.33. The topological polar surface area (TPSA) is 155 Å². The molecule has 11 nitrogen and oxygen atoms in total. The highest BCUT2D eigenvalue weighted by Crippen LogP contribution is 2.49. The summed E-state index contributed by atoms with van der Waals surface area (Å²) in [7, 11) is -2.91. The molecule has 38 heavy (non-hydrogen) atoms. The zero-order valence-corrected chi connectivity index (χ0v) is 22.9. The lowest BCUT2D eigenvalue weighted by Gasteiger charge is -2.27. The molecular formula is C25H31N4O7PS. The molecule has 1 aromatic heterocycles. The number of carbonyl (C=O) groups excluding carboxylic acids is 1. The molecule has 0 spiro atoms. The summed E-state index contributed by atoms with van der Waals surface area (Å²) in [5, 5.41) is 14.3. The maximum Gasteiger partial charge on any atom is 0.459 e. The summed E-state index contributed by atoms with van der Waals surface area (Å²) in [6.07, 6.45) is 0.923. The number of aliphatic hydroxyl groups is 1. The van der Waals surface area contributed by atoms with Gasteiger partial charge in [0.1, 0.15) is 17.6 Å². The standard InChI is InChI=1S/C25H31N4O7PS/c1-15(2)23(24(31)34-3)28-37(33,36-18-9-8-16-6-4-5-7-17(16)12-18)35-14-20-19(30)13-22(38-20)29-11-10-21(26)27-25(29)32/h4-12,15,19-20,22-23,30H,13-14H2,1-3H3,(H,28,33)(H2,26,27,32)/t19-,20-,22-,23+,37?/m1/s1. The van der Waals surface area contributed by atoms with Gasteiger partial charge < -0.3 is 20.1 Å². The number of hydrogen-bond acceptors (Lipinski definition) is 10. The molecule has 2 heterocycles. The lowest BCUT2D eigenvalue weighted by Crippen LogP contribution is -2.41. The molecule has 1 saturated heterocycles. The number of anilines is 1. The molecule has 1 unspecified atom stereocenters. The Morgan fingerprint density at radius 1 is 1.26 bits per heavy atom. The Morgan fingerprint density at radius 2 is 2.00 bits per heavy atom. The number of nitrogens with two attached hydrogens (primary N) is 1. The molecule has 0 aliphatic carbocycles. The Hall–Kier alpha value is -2.89. The third-order valence-electron chi connectivity index (χ3n) is 6.14. The van der Waals surface area contributed by atoms with E-state index in [2.05, 4.69) is 10.1 Å². The van der Waals surface area contributed by atoms with Crippen LogP contribution in [0.2, 0.25) is 0 Å². The summed E-state index contributed by atoms with van der Waals surface area (Å²) in [6, 6.07) is 13.4. The van der Waals surface area contributed by atoms with Crippen LogP contribution in [0.3, 0.4) is 0 Å². The number of ether oxygens (including phenoxy) is 1. The van der Waals surface area contributed by atoms with Gasteiger partial charge in [0, 0.05) is 12.6 Å². The van der Waals surface area contributed by atoms with Crippen molar-refractivity contribution in [3.8, 4) is 5.75 Å². The van der Waals surface area contributed by atoms with Gasteiger partial charge in [-0.25, -0.2) is 9.36 Å². The van der Waals surface area contributed by atoms with E-state index in [0.717, 1.165) is 10.8 Å². The second-order valence-corrected chi connectivity index (χ2v) is 12.4. The number of nitrogens with zero attached hydrogens (tertiary/aromatic N) is 2. The molecule has 1 aliphatic rings. The van der Waals surface area contributed by atoms with Gasteiger partial charge in [-0.05, 0) is 34.9 Å². The quantitative estimate of drug-likeness (QED) is 0.246. The molecule has 4 N–H and O–H groups in total. The molecule has 3 aromatic rings. The van der Waals surface area contributed by atoms with Crippen LogP contribution in [0.5, 0.6) is 5.75 Å². The van der Waals surface area contributed by atoms with Crippen molar-refractivity contribution in [3.05, 3.63) is 65.2 Å². The monoisotopic (exact) mass is 562 g/mol. The van der Waals surface area contributed by atoms with Crippen molar-refractivity contribution in [2.45, 2.75) is 43.0 Å². The fraction of sp³-hybridized carbons (Fsp3) is 0.400. The third kappa shape index (κ3) is 6.57. The highest BCUT2D eigenvalue weighted by molar-refractivity contribution is 8.00. The maximum atomic E-state index is 14.0. The summed E-state index contributed by atoms with van der Waals surface area (Å²) in [5.41, 5.74) is 5.05. The van der Waals surface area contributed by atoms with E-state index < -0.39 is 42.2 Å². The van der Waals surface area contributed by atoms with E-state index >= 15 is 0 Å². The fourth-order valence-corrected chi connectivity index (χ4v) is 7.29. The predicted molar refractivity (Wildman–Crippen MR) is 146 cm³/mol. The molecule has 5 atom stereocenters. The number of benzene rings is 2. The minimum atomic E-state index is -4.16. The second kappa shape index (κ2) is 11.9.